The van der Waals surface area contributed by atoms with Crippen molar-refractivity contribution in [3.63, 3.8) is 0 Å². The lowest BCUT2D eigenvalue weighted by Crippen LogP contribution is -2.30. The molecule has 0 unspecified atom stereocenters. The van der Waals surface area contributed by atoms with Gasteiger partial charge in [0.15, 0.2) is 5.13 Å². The predicted molar refractivity (Wildman–Crippen MR) is 124 cm³/mol. The predicted octanol–water partition coefficient (Wildman–Crippen LogP) is 6.37. The molecule has 0 fully saturated rings. The molecule has 1 heterocycles. The first-order chi connectivity index (χ1) is 14.6. The highest BCUT2D eigenvalue weighted by Gasteiger charge is 2.25. The van der Waals surface area contributed by atoms with Crippen molar-refractivity contribution in [2.75, 3.05) is 12.0 Å². The molecule has 6 heteroatoms. The van der Waals surface area contributed by atoms with E-state index in [2.05, 4.69) is 19.1 Å². The van der Waals surface area contributed by atoms with Crippen LogP contribution < -0.4 is 9.64 Å². The monoisotopic (exact) mass is 436 g/mol. The lowest BCUT2D eigenvalue weighted by atomic mass is 10.1. The van der Waals surface area contributed by atoms with Crippen LogP contribution >= 0.6 is 22.9 Å². The number of ether oxygens (including phenoxy) is 1. The van der Waals surface area contributed by atoms with Crippen LogP contribution in [-0.4, -0.2) is 18.0 Å². The Labute approximate surface area is 184 Å². The van der Waals surface area contributed by atoms with Gasteiger partial charge in [0.05, 0.1) is 29.4 Å². The minimum Gasteiger partial charge on any atom is -0.496 e. The van der Waals surface area contributed by atoms with E-state index < -0.39 is 0 Å². The van der Waals surface area contributed by atoms with E-state index in [0.717, 1.165) is 22.2 Å². The molecule has 0 bridgehead atoms. The average Bonchev–Trinajstić information content (AvgIpc) is 3.20. The Morgan fingerprint density at radius 3 is 2.60 bits per heavy atom. The van der Waals surface area contributed by atoms with Gasteiger partial charge in [0.2, 0.25) is 0 Å². The van der Waals surface area contributed by atoms with Crippen molar-refractivity contribution in [1.82, 2.24) is 4.98 Å². The molecule has 0 aliphatic heterocycles. The molecule has 4 aromatic rings. The molecule has 30 heavy (non-hydrogen) atoms. The van der Waals surface area contributed by atoms with E-state index in [-0.39, 0.29) is 5.91 Å². The van der Waals surface area contributed by atoms with Crippen LogP contribution in [0.4, 0.5) is 5.13 Å². The first-order valence-electron chi connectivity index (χ1n) is 9.68. The zero-order valence-electron chi connectivity index (χ0n) is 16.8. The van der Waals surface area contributed by atoms with E-state index in [9.17, 15) is 4.79 Å². The number of amides is 1. The summed E-state index contributed by atoms with van der Waals surface area (Å²) in [7, 11) is 1.55. The van der Waals surface area contributed by atoms with Gasteiger partial charge in [-0.15, -0.1) is 0 Å². The summed E-state index contributed by atoms with van der Waals surface area (Å²) in [5.41, 5.74) is 3.56. The summed E-state index contributed by atoms with van der Waals surface area (Å²) in [6.07, 6.45) is 0.954. The quantitative estimate of drug-likeness (QED) is 0.352. The smallest absolute Gasteiger partial charge is 0.264 e. The summed E-state index contributed by atoms with van der Waals surface area (Å²) >= 11 is 7.70. The third-order valence-corrected chi connectivity index (χ3v) is 6.18. The summed E-state index contributed by atoms with van der Waals surface area (Å²) in [6, 6.07) is 21.2. The Morgan fingerprint density at radius 2 is 1.87 bits per heavy atom. The number of thiazole rings is 1. The van der Waals surface area contributed by atoms with Gasteiger partial charge < -0.3 is 4.74 Å². The number of halogens is 1. The Morgan fingerprint density at radius 1 is 1.07 bits per heavy atom. The highest BCUT2D eigenvalue weighted by molar-refractivity contribution is 7.22. The zero-order valence-corrected chi connectivity index (χ0v) is 18.3. The molecule has 152 valence electrons. The summed E-state index contributed by atoms with van der Waals surface area (Å²) in [6.45, 7) is 2.52. The lowest BCUT2D eigenvalue weighted by molar-refractivity contribution is 0.0982. The summed E-state index contributed by atoms with van der Waals surface area (Å²) in [5, 5.41) is 1.13. The number of anilines is 1. The first-order valence-corrected chi connectivity index (χ1v) is 10.9. The molecule has 4 nitrogen and oxygen atoms in total. The number of hydrogen-bond donors (Lipinski definition) is 0. The fourth-order valence-corrected chi connectivity index (χ4v) is 4.48. The van der Waals surface area contributed by atoms with Gasteiger partial charge in [-0.1, -0.05) is 66.3 Å². The minimum atomic E-state index is -0.201. The number of rotatable bonds is 6. The van der Waals surface area contributed by atoms with Crippen LogP contribution in [0.1, 0.15) is 28.4 Å². The Bertz CT molecular complexity index is 1190. The van der Waals surface area contributed by atoms with Crippen LogP contribution in [0.3, 0.4) is 0 Å². The molecule has 0 aliphatic carbocycles. The van der Waals surface area contributed by atoms with Crippen LogP contribution in [0.5, 0.6) is 5.75 Å². The molecule has 0 radical (unpaired) electrons. The van der Waals surface area contributed by atoms with Gasteiger partial charge in [0.1, 0.15) is 5.75 Å². The molecule has 1 aromatic heterocycles. The molecule has 0 aliphatic rings. The number of aryl methyl sites for hydroxylation is 1. The summed E-state index contributed by atoms with van der Waals surface area (Å²) in [4.78, 5) is 20.1. The number of aromatic nitrogens is 1. The number of fused-ring (bicyclic) bond motifs is 1. The molecular weight excluding hydrogens is 416 g/mol. The summed E-state index contributed by atoms with van der Waals surface area (Å²) in [5.74, 6) is 0.282. The van der Waals surface area contributed by atoms with Crippen LogP contribution in [0.2, 0.25) is 5.02 Å². The number of carbonyl (C=O) groups is 1. The largest absolute Gasteiger partial charge is 0.496 e. The van der Waals surface area contributed by atoms with E-state index in [0.29, 0.717) is 28.0 Å². The number of carbonyl (C=O) groups excluding carboxylic acids is 1. The zero-order chi connectivity index (χ0) is 21.1. The molecule has 0 saturated heterocycles. The Hall–Kier alpha value is -2.89. The third kappa shape index (κ3) is 4.18. The Kier molecular flexibility index (Phi) is 6.02. The van der Waals surface area contributed by atoms with Crippen molar-refractivity contribution < 1.29 is 9.53 Å². The van der Waals surface area contributed by atoms with Gasteiger partial charge >= 0.3 is 0 Å². The highest BCUT2D eigenvalue weighted by Crippen LogP contribution is 2.33. The van der Waals surface area contributed by atoms with Crippen molar-refractivity contribution in [3.8, 4) is 5.75 Å². The second-order valence-corrected chi connectivity index (χ2v) is 8.32. The average molecular weight is 437 g/mol. The van der Waals surface area contributed by atoms with Gasteiger partial charge in [0.25, 0.3) is 5.91 Å². The lowest BCUT2D eigenvalue weighted by Gasteiger charge is -2.21. The maximum Gasteiger partial charge on any atom is 0.264 e. The van der Waals surface area contributed by atoms with E-state index >= 15 is 0 Å². The number of nitrogens with zero attached hydrogens (tertiary/aromatic N) is 2. The van der Waals surface area contributed by atoms with Crippen molar-refractivity contribution in [3.05, 3.63) is 88.4 Å². The van der Waals surface area contributed by atoms with Crippen molar-refractivity contribution in [1.29, 1.82) is 0 Å². The molecule has 1 amide bonds. The second kappa shape index (κ2) is 8.86. The maximum absolute atomic E-state index is 13.6. The normalized spacial score (nSPS) is 10.9. The van der Waals surface area contributed by atoms with Crippen LogP contribution in [0, 0.1) is 0 Å². The van der Waals surface area contributed by atoms with Gasteiger partial charge in [-0.3, -0.25) is 9.69 Å². The van der Waals surface area contributed by atoms with Crippen LogP contribution in [0.25, 0.3) is 10.2 Å². The molecular formula is C24H21ClN2O2S. The van der Waals surface area contributed by atoms with E-state index in [4.69, 9.17) is 21.3 Å². The second-order valence-electron chi connectivity index (χ2n) is 6.87. The highest BCUT2D eigenvalue weighted by atomic mass is 35.5. The van der Waals surface area contributed by atoms with E-state index in [1.165, 1.54) is 16.9 Å². The Balaban J connectivity index is 1.80. The molecule has 0 saturated carbocycles. The fraction of sp³-hybridized carbons (Fsp3) is 0.167. The minimum absolute atomic E-state index is 0.201. The van der Waals surface area contributed by atoms with E-state index in [1.54, 1.807) is 30.2 Å². The first kappa shape index (κ1) is 20.4. The molecule has 0 atom stereocenters. The molecule has 3 aromatic carbocycles. The van der Waals surface area contributed by atoms with Crippen molar-refractivity contribution in [2.45, 2.75) is 19.9 Å². The van der Waals surface area contributed by atoms with Gasteiger partial charge in [-0.05, 0) is 47.9 Å². The molecule has 0 spiro atoms. The van der Waals surface area contributed by atoms with Crippen molar-refractivity contribution in [2.24, 2.45) is 0 Å². The molecule has 4 rings (SSSR count). The fourth-order valence-electron chi connectivity index (χ4n) is 3.28. The van der Waals surface area contributed by atoms with Crippen LogP contribution in [0.15, 0.2) is 66.7 Å². The standard InChI is InChI=1S/C24H21ClN2O2S/c1-3-16-9-11-20-22(13-16)30-24(26-20)27(15-17-7-5-4-6-8-17)23(28)19-14-18(25)10-12-21(19)29-2/h4-14H,3,15H2,1-2H3. The van der Waals surface area contributed by atoms with Gasteiger partial charge in [0, 0.05) is 5.02 Å². The van der Waals surface area contributed by atoms with Gasteiger partial charge in [-0.25, -0.2) is 4.98 Å². The van der Waals surface area contributed by atoms with Gasteiger partial charge in [-0.2, -0.15) is 0 Å². The number of hydrogen-bond acceptors (Lipinski definition) is 4. The maximum atomic E-state index is 13.6. The SMILES string of the molecule is CCc1ccc2nc(N(Cc3ccccc3)C(=O)c3cc(Cl)ccc3OC)sc2c1. The van der Waals surface area contributed by atoms with Crippen LogP contribution in [-0.2, 0) is 13.0 Å². The van der Waals surface area contributed by atoms with E-state index in [1.807, 2.05) is 36.4 Å². The molecule has 0 N–H and O–H groups in total. The third-order valence-electron chi connectivity index (χ3n) is 4.90. The number of benzene rings is 3. The summed E-state index contributed by atoms with van der Waals surface area (Å²) < 4.78 is 6.49. The topological polar surface area (TPSA) is 42.4 Å². The number of methoxy groups -OCH3 is 1. The van der Waals surface area contributed by atoms with Crippen molar-refractivity contribution >= 4 is 44.2 Å².